The third kappa shape index (κ3) is 2.19. The Morgan fingerprint density at radius 3 is 2.78 bits per heavy atom. The smallest absolute Gasteiger partial charge is 0.246 e. The average molecular weight is 250 g/mol. The molecule has 0 aromatic heterocycles. The van der Waals surface area contributed by atoms with Crippen LogP contribution in [0.4, 0.5) is 5.69 Å². The highest BCUT2D eigenvalue weighted by Crippen LogP contribution is 2.29. The van der Waals surface area contributed by atoms with E-state index in [2.05, 4.69) is 0 Å². The number of methoxy groups -OCH3 is 1. The highest BCUT2D eigenvalue weighted by atomic mass is 16.5. The van der Waals surface area contributed by atoms with Gasteiger partial charge in [0, 0.05) is 13.1 Å². The highest BCUT2D eigenvalue weighted by molar-refractivity contribution is 5.99. The quantitative estimate of drug-likeness (QED) is 0.840. The first kappa shape index (κ1) is 12.9. The van der Waals surface area contributed by atoms with E-state index >= 15 is 0 Å². The van der Waals surface area contributed by atoms with Crippen molar-refractivity contribution in [2.24, 2.45) is 0 Å². The molecule has 1 aromatic carbocycles. The summed E-state index contributed by atoms with van der Waals surface area (Å²) < 4.78 is 5.27. The van der Waals surface area contributed by atoms with E-state index in [1.54, 1.807) is 12.0 Å². The average Bonchev–Trinajstić information content (AvgIpc) is 2.39. The van der Waals surface area contributed by atoms with Crippen LogP contribution in [-0.4, -0.2) is 55.8 Å². The second-order valence-electron chi connectivity index (χ2n) is 4.34. The lowest BCUT2D eigenvalue weighted by Crippen LogP contribution is -2.57. The topological polar surface area (TPSA) is 53.0 Å². The first-order valence-electron chi connectivity index (χ1n) is 5.94. The number of nitrogens with zero attached hydrogens (tertiary/aromatic N) is 2. The fourth-order valence-electron chi connectivity index (χ4n) is 2.20. The standard InChI is InChI=1S/C13H18N2O3/c1-14-7-8-15(13(17)11(14)9-16)10-5-3-4-6-12(10)18-2/h3-6,11,16H,7-9H2,1-2H3. The highest BCUT2D eigenvalue weighted by Gasteiger charge is 2.33. The maximum Gasteiger partial charge on any atom is 0.246 e. The lowest BCUT2D eigenvalue weighted by Gasteiger charge is -2.38. The Labute approximate surface area is 107 Å². The summed E-state index contributed by atoms with van der Waals surface area (Å²) in [7, 11) is 3.43. The Balaban J connectivity index is 2.30. The van der Waals surface area contributed by atoms with Crippen LogP contribution < -0.4 is 9.64 Å². The number of hydrogen-bond acceptors (Lipinski definition) is 4. The number of carbonyl (C=O) groups excluding carboxylic acids is 1. The monoisotopic (exact) mass is 250 g/mol. The maximum absolute atomic E-state index is 12.3. The first-order valence-corrected chi connectivity index (χ1v) is 5.94. The minimum absolute atomic E-state index is 0.0873. The zero-order valence-electron chi connectivity index (χ0n) is 10.7. The van der Waals surface area contributed by atoms with E-state index in [0.717, 1.165) is 12.2 Å². The van der Waals surface area contributed by atoms with Gasteiger partial charge in [-0.2, -0.15) is 0 Å². The van der Waals surface area contributed by atoms with Gasteiger partial charge in [0.1, 0.15) is 11.8 Å². The van der Waals surface area contributed by atoms with Gasteiger partial charge in [0.05, 0.1) is 19.4 Å². The van der Waals surface area contributed by atoms with Gasteiger partial charge in [0.15, 0.2) is 0 Å². The molecule has 5 nitrogen and oxygen atoms in total. The molecule has 98 valence electrons. The fraction of sp³-hybridized carbons (Fsp3) is 0.462. The van der Waals surface area contributed by atoms with Crippen LogP contribution in [0.15, 0.2) is 24.3 Å². The first-order chi connectivity index (χ1) is 8.69. The molecule has 1 heterocycles. The Hall–Kier alpha value is -1.59. The number of ether oxygens (including phenoxy) is 1. The predicted octanol–water partition coefficient (Wildman–Crippen LogP) is 0.334. The van der Waals surface area contributed by atoms with Crippen LogP contribution in [0, 0.1) is 0 Å². The number of anilines is 1. The summed E-state index contributed by atoms with van der Waals surface area (Å²) in [6, 6.07) is 6.96. The zero-order chi connectivity index (χ0) is 13.1. The van der Waals surface area contributed by atoms with Gasteiger partial charge in [-0.15, -0.1) is 0 Å². The summed E-state index contributed by atoms with van der Waals surface area (Å²) in [6.07, 6.45) is 0. The van der Waals surface area contributed by atoms with Crippen LogP contribution in [0.5, 0.6) is 5.75 Å². The Morgan fingerprint density at radius 2 is 2.11 bits per heavy atom. The van der Waals surface area contributed by atoms with Gasteiger partial charge in [-0.25, -0.2) is 0 Å². The molecular formula is C13H18N2O3. The van der Waals surface area contributed by atoms with Crippen LogP contribution in [-0.2, 0) is 4.79 Å². The summed E-state index contributed by atoms with van der Waals surface area (Å²) in [5, 5.41) is 9.30. The molecule has 0 spiro atoms. The van der Waals surface area contributed by atoms with Gasteiger partial charge in [-0.05, 0) is 19.2 Å². The second kappa shape index (κ2) is 5.37. The lowest BCUT2D eigenvalue weighted by atomic mass is 10.1. The number of piperazine rings is 1. The van der Waals surface area contributed by atoms with E-state index in [1.165, 1.54) is 0 Å². The van der Waals surface area contributed by atoms with E-state index in [1.807, 2.05) is 36.2 Å². The molecule has 0 aliphatic carbocycles. The number of amides is 1. The van der Waals surface area contributed by atoms with Crippen LogP contribution in [0.25, 0.3) is 0 Å². The van der Waals surface area contributed by atoms with E-state index in [4.69, 9.17) is 4.74 Å². The van der Waals surface area contributed by atoms with Crippen molar-refractivity contribution in [1.29, 1.82) is 0 Å². The fourth-order valence-corrected chi connectivity index (χ4v) is 2.20. The number of hydrogen-bond donors (Lipinski definition) is 1. The molecule has 1 atom stereocenters. The normalized spacial score (nSPS) is 21.2. The summed E-state index contributed by atoms with van der Waals surface area (Å²) in [6.45, 7) is 1.17. The summed E-state index contributed by atoms with van der Waals surface area (Å²) in [4.78, 5) is 15.9. The number of rotatable bonds is 3. The third-order valence-corrected chi connectivity index (χ3v) is 3.31. The second-order valence-corrected chi connectivity index (χ2v) is 4.34. The predicted molar refractivity (Wildman–Crippen MR) is 68.9 cm³/mol. The number of likely N-dealkylation sites (N-methyl/N-ethyl adjacent to an activating group) is 1. The number of carbonyl (C=O) groups is 1. The largest absolute Gasteiger partial charge is 0.495 e. The van der Waals surface area contributed by atoms with Crippen molar-refractivity contribution in [1.82, 2.24) is 4.90 Å². The SMILES string of the molecule is COc1ccccc1N1CCN(C)C(CO)C1=O. The Morgan fingerprint density at radius 1 is 1.39 bits per heavy atom. The van der Waals surface area contributed by atoms with Gasteiger partial charge in [-0.1, -0.05) is 12.1 Å². The maximum atomic E-state index is 12.3. The van der Waals surface area contributed by atoms with Crippen molar-refractivity contribution in [2.75, 3.05) is 38.8 Å². The number of benzene rings is 1. The molecule has 1 N–H and O–H groups in total. The third-order valence-electron chi connectivity index (χ3n) is 3.31. The lowest BCUT2D eigenvalue weighted by molar-refractivity contribution is -0.126. The van der Waals surface area contributed by atoms with Gasteiger partial charge in [-0.3, -0.25) is 9.69 Å². The number of aliphatic hydroxyl groups excluding tert-OH is 1. The molecule has 5 heteroatoms. The molecule has 1 aromatic rings. The van der Waals surface area contributed by atoms with E-state index in [9.17, 15) is 9.90 Å². The summed E-state index contributed by atoms with van der Waals surface area (Å²) in [5.41, 5.74) is 0.761. The van der Waals surface area contributed by atoms with Crippen LogP contribution in [0.3, 0.4) is 0 Å². The molecule has 1 unspecified atom stereocenters. The van der Waals surface area contributed by atoms with Crippen molar-refractivity contribution in [3.63, 3.8) is 0 Å². The van der Waals surface area contributed by atoms with Crippen molar-refractivity contribution in [3.8, 4) is 5.75 Å². The van der Waals surface area contributed by atoms with Crippen LogP contribution >= 0.6 is 0 Å². The number of para-hydroxylation sites is 2. The molecule has 0 bridgehead atoms. The molecule has 1 aliphatic rings. The van der Waals surface area contributed by atoms with E-state index in [-0.39, 0.29) is 12.5 Å². The summed E-state index contributed by atoms with van der Waals surface area (Å²) >= 11 is 0. The number of aliphatic hydroxyl groups is 1. The van der Waals surface area contributed by atoms with Crippen molar-refractivity contribution in [3.05, 3.63) is 24.3 Å². The van der Waals surface area contributed by atoms with Crippen molar-refractivity contribution < 1.29 is 14.6 Å². The van der Waals surface area contributed by atoms with Crippen LogP contribution in [0.2, 0.25) is 0 Å². The Kier molecular flexibility index (Phi) is 3.84. The molecule has 18 heavy (non-hydrogen) atoms. The van der Waals surface area contributed by atoms with Crippen LogP contribution in [0.1, 0.15) is 0 Å². The molecule has 0 radical (unpaired) electrons. The zero-order valence-corrected chi connectivity index (χ0v) is 10.7. The van der Waals surface area contributed by atoms with Gasteiger partial charge < -0.3 is 14.7 Å². The molecule has 0 saturated carbocycles. The molecule has 1 aliphatic heterocycles. The van der Waals surface area contributed by atoms with E-state index < -0.39 is 6.04 Å². The van der Waals surface area contributed by atoms with Gasteiger partial charge >= 0.3 is 0 Å². The molecule has 1 saturated heterocycles. The van der Waals surface area contributed by atoms with Gasteiger partial charge in [0.25, 0.3) is 0 Å². The minimum Gasteiger partial charge on any atom is -0.495 e. The molecule has 1 fully saturated rings. The molecule has 1 amide bonds. The van der Waals surface area contributed by atoms with E-state index in [0.29, 0.717) is 12.3 Å². The molecule has 2 rings (SSSR count). The van der Waals surface area contributed by atoms with Crippen molar-refractivity contribution >= 4 is 11.6 Å². The summed E-state index contributed by atoms with van der Waals surface area (Å²) in [5.74, 6) is 0.586. The molecular weight excluding hydrogens is 232 g/mol. The Bertz CT molecular complexity index is 436. The van der Waals surface area contributed by atoms with Gasteiger partial charge in [0.2, 0.25) is 5.91 Å². The van der Waals surface area contributed by atoms with Crippen molar-refractivity contribution in [2.45, 2.75) is 6.04 Å². The minimum atomic E-state index is -0.469.